The van der Waals surface area contributed by atoms with Gasteiger partial charge in [-0.2, -0.15) is 4.98 Å². The Labute approximate surface area is 111 Å². The van der Waals surface area contributed by atoms with Crippen LogP contribution in [0.1, 0.15) is 37.3 Å². The molecule has 0 saturated heterocycles. The Morgan fingerprint density at radius 2 is 2.32 bits per heavy atom. The van der Waals surface area contributed by atoms with Crippen LogP contribution in [-0.4, -0.2) is 15.9 Å². The van der Waals surface area contributed by atoms with Gasteiger partial charge in [-0.1, -0.05) is 11.6 Å². The van der Waals surface area contributed by atoms with Crippen molar-refractivity contribution in [2.75, 3.05) is 0 Å². The second kappa shape index (κ2) is 4.99. The minimum Gasteiger partial charge on any atom is -0.469 e. The summed E-state index contributed by atoms with van der Waals surface area (Å²) in [5, 5.41) is 3.95. The summed E-state index contributed by atoms with van der Waals surface area (Å²) >= 11 is 0. The van der Waals surface area contributed by atoms with E-state index in [0.29, 0.717) is 30.3 Å². The number of carbonyl (C=O) groups excluding carboxylic acids is 1. The van der Waals surface area contributed by atoms with Crippen molar-refractivity contribution < 1.29 is 13.7 Å². The highest BCUT2D eigenvalue weighted by atomic mass is 16.5. The highest BCUT2D eigenvalue weighted by Crippen LogP contribution is 2.25. The molecule has 2 aromatic heterocycles. The normalized spacial score (nSPS) is 19.8. The fraction of sp³-hybridized carbons (Fsp3) is 0.500. The van der Waals surface area contributed by atoms with E-state index in [1.54, 1.807) is 6.26 Å². The van der Waals surface area contributed by atoms with E-state index in [0.717, 1.165) is 30.6 Å². The molecule has 1 fully saturated rings. The van der Waals surface area contributed by atoms with Crippen molar-refractivity contribution in [3.05, 3.63) is 24.0 Å². The first-order valence-electron chi connectivity index (χ1n) is 6.64. The highest BCUT2D eigenvalue weighted by Gasteiger charge is 2.25. The van der Waals surface area contributed by atoms with E-state index in [1.807, 2.05) is 13.0 Å². The van der Waals surface area contributed by atoms with Crippen LogP contribution in [0.3, 0.4) is 0 Å². The van der Waals surface area contributed by atoms with E-state index in [2.05, 4.69) is 10.1 Å². The van der Waals surface area contributed by atoms with Crippen molar-refractivity contribution in [1.82, 2.24) is 10.1 Å². The van der Waals surface area contributed by atoms with Crippen molar-refractivity contribution in [2.24, 2.45) is 5.92 Å². The van der Waals surface area contributed by atoms with E-state index >= 15 is 0 Å². The monoisotopic (exact) mass is 260 g/mol. The summed E-state index contributed by atoms with van der Waals surface area (Å²) in [6.45, 7) is 1.86. The maximum absolute atomic E-state index is 11.8. The summed E-state index contributed by atoms with van der Waals surface area (Å²) in [7, 11) is 0. The Morgan fingerprint density at radius 3 is 3.05 bits per heavy atom. The first-order chi connectivity index (χ1) is 9.24. The summed E-state index contributed by atoms with van der Waals surface area (Å²) in [6.07, 6.45) is 5.90. The molecular weight excluding hydrogens is 244 g/mol. The molecule has 0 N–H and O–H groups in total. The van der Waals surface area contributed by atoms with Crippen LogP contribution in [0.4, 0.5) is 0 Å². The van der Waals surface area contributed by atoms with Crippen molar-refractivity contribution in [2.45, 2.75) is 39.0 Å². The SMILES string of the molecule is Cc1occc1-c1noc(CC2CCCCC2=O)n1. The quantitative estimate of drug-likeness (QED) is 0.848. The summed E-state index contributed by atoms with van der Waals surface area (Å²) in [5.74, 6) is 2.21. The lowest BCUT2D eigenvalue weighted by molar-refractivity contribution is -0.124. The van der Waals surface area contributed by atoms with Gasteiger partial charge in [-0.25, -0.2) is 0 Å². The lowest BCUT2D eigenvalue weighted by atomic mass is 9.86. The second-order valence-electron chi connectivity index (χ2n) is 5.02. The molecule has 5 heteroatoms. The third-order valence-corrected chi connectivity index (χ3v) is 3.67. The van der Waals surface area contributed by atoms with Gasteiger partial charge in [-0.3, -0.25) is 4.79 Å². The number of aromatic nitrogens is 2. The Morgan fingerprint density at radius 1 is 1.42 bits per heavy atom. The number of furan rings is 1. The average molecular weight is 260 g/mol. The molecule has 1 unspecified atom stereocenters. The minimum absolute atomic E-state index is 0.0486. The molecular formula is C14H16N2O3. The number of Topliss-reactive ketones (excluding diaryl/α,β-unsaturated/α-hetero) is 1. The van der Waals surface area contributed by atoms with Crippen molar-refractivity contribution in [3.8, 4) is 11.4 Å². The molecule has 1 aliphatic rings. The van der Waals surface area contributed by atoms with Gasteiger partial charge >= 0.3 is 0 Å². The van der Waals surface area contributed by atoms with E-state index < -0.39 is 0 Å². The first kappa shape index (κ1) is 12.1. The van der Waals surface area contributed by atoms with Gasteiger partial charge in [0.1, 0.15) is 11.5 Å². The van der Waals surface area contributed by atoms with Gasteiger partial charge < -0.3 is 8.94 Å². The lowest BCUT2D eigenvalue weighted by Gasteiger charge is -2.18. The van der Waals surface area contributed by atoms with Gasteiger partial charge in [-0.15, -0.1) is 0 Å². The van der Waals surface area contributed by atoms with Gasteiger partial charge in [0, 0.05) is 18.8 Å². The average Bonchev–Trinajstić information content (AvgIpc) is 3.01. The number of hydrogen-bond acceptors (Lipinski definition) is 5. The van der Waals surface area contributed by atoms with Crippen LogP contribution in [0.15, 0.2) is 21.3 Å². The highest BCUT2D eigenvalue weighted by molar-refractivity contribution is 5.81. The third kappa shape index (κ3) is 2.45. The van der Waals surface area contributed by atoms with Crippen LogP contribution >= 0.6 is 0 Å². The van der Waals surface area contributed by atoms with Gasteiger partial charge in [0.2, 0.25) is 11.7 Å². The van der Waals surface area contributed by atoms with Gasteiger partial charge in [-0.05, 0) is 25.8 Å². The molecule has 19 heavy (non-hydrogen) atoms. The zero-order valence-corrected chi connectivity index (χ0v) is 10.9. The molecule has 2 heterocycles. The number of nitrogens with zero attached hydrogens (tertiary/aromatic N) is 2. The molecule has 2 aromatic rings. The Balaban J connectivity index is 1.75. The van der Waals surface area contributed by atoms with Crippen LogP contribution in [0.5, 0.6) is 0 Å². The molecule has 0 radical (unpaired) electrons. The van der Waals surface area contributed by atoms with Crippen LogP contribution in [-0.2, 0) is 11.2 Å². The number of aryl methyl sites for hydroxylation is 1. The summed E-state index contributed by atoms with van der Waals surface area (Å²) in [5.41, 5.74) is 0.838. The van der Waals surface area contributed by atoms with E-state index in [4.69, 9.17) is 8.94 Å². The standard InChI is InChI=1S/C14H16N2O3/c1-9-11(6-7-18-9)14-15-13(19-16-14)8-10-4-2-3-5-12(10)17/h6-7,10H,2-5,8H2,1H3. The summed E-state index contributed by atoms with van der Waals surface area (Å²) in [4.78, 5) is 16.1. The molecule has 0 aliphatic heterocycles. The number of carbonyl (C=O) groups is 1. The maximum atomic E-state index is 11.8. The molecule has 1 aliphatic carbocycles. The van der Waals surface area contributed by atoms with Gasteiger partial charge in [0.05, 0.1) is 11.8 Å². The third-order valence-electron chi connectivity index (χ3n) is 3.67. The van der Waals surface area contributed by atoms with E-state index in [9.17, 15) is 4.79 Å². The molecule has 0 bridgehead atoms. The van der Waals surface area contributed by atoms with Crippen LogP contribution in [0.2, 0.25) is 0 Å². The van der Waals surface area contributed by atoms with Crippen LogP contribution in [0.25, 0.3) is 11.4 Å². The van der Waals surface area contributed by atoms with Gasteiger partial charge in [0.25, 0.3) is 0 Å². The molecule has 3 rings (SSSR count). The maximum Gasteiger partial charge on any atom is 0.227 e. The zero-order chi connectivity index (χ0) is 13.2. The fourth-order valence-corrected chi connectivity index (χ4v) is 2.55. The first-order valence-corrected chi connectivity index (χ1v) is 6.64. The largest absolute Gasteiger partial charge is 0.469 e. The zero-order valence-electron chi connectivity index (χ0n) is 10.9. The predicted octanol–water partition coefficient (Wildman–Crippen LogP) is 2.94. The Hall–Kier alpha value is -1.91. The lowest BCUT2D eigenvalue weighted by Crippen LogP contribution is -2.21. The van der Waals surface area contributed by atoms with Crippen LogP contribution < -0.4 is 0 Å². The molecule has 0 spiro atoms. The Kier molecular flexibility index (Phi) is 3.19. The second-order valence-corrected chi connectivity index (χ2v) is 5.02. The predicted molar refractivity (Wildman–Crippen MR) is 67.4 cm³/mol. The van der Waals surface area contributed by atoms with Gasteiger partial charge in [0.15, 0.2) is 0 Å². The number of rotatable bonds is 3. The van der Waals surface area contributed by atoms with Crippen LogP contribution in [0, 0.1) is 12.8 Å². The smallest absolute Gasteiger partial charge is 0.227 e. The molecule has 0 aromatic carbocycles. The number of hydrogen-bond donors (Lipinski definition) is 0. The van der Waals surface area contributed by atoms with E-state index in [-0.39, 0.29) is 5.92 Å². The van der Waals surface area contributed by atoms with Crippen molar-refractivity contribution in [3.63, 3.8) is 0 Å². The minimum atomic E-state index is 0.0486. The van der Waals surface area contributed by atoms with E-state index in [1.165, 1.54) is 0 Å². The fourth-order valence-electron chi connectivity index (χ4n) is 2.55. The molecule has 1 saturated carbocycles. The Bertz CT molecular complexity index is 585. The molecule has 1 atom stereocenters. The molecule has 5 nitrogen and oxygen atoms in total. The summed E-state index contributed by atoms with van der Waals surface area (Å²) in [6, 6.07) is 1.82. The molecule has 100 valence electrons. The summed E-state index contributed by atoms with van der Waals surface area (Å²) < 4.78 is 10.5. The van der Waals surface area contributed by atoms with Crippen molar-refractivity contribution in [1.29, 1.82) is 0 Å². The van der Waals surface area contributed by atoms with Crippen molar-refractivity contribution >= 4 is 5.78 Å². The number of ketones is 1. The molecule has 0 amide bonds. The topological polar surface area (TPSA) is 69.1 Å².